The third kappa shape index (κ3) is 1.97. The van der Waals surface area contributed by atoms with Gasteiger partial charge in [-0.25, -0.2) is 0 Å². The normalized spacial score (nSPS) is 41.5. The molecule has 0 heterocycles. The highest BCUT2D eigenvalue weighted by Gasteiger charge is 2.53. The lowest BCUT2D eigenvalue weighted by Gasteiger charge is -2.48. The second-order valence-corrected chi connectivity index (χ2v) is 6.81. The van der Waals surface area contributed by atoms with Crippen LogP contribution in [-0.2, 0) is 4.79 Å². The van der Waals surface area contributed by atoms with E-state index in [1.54, 1.807) is 0 Å². The first-order valence-corrected chi connectivity index (χ1v) is 6.65. The minimum Gasteiger partial charge on any atom is -0.392 e. The Morgan fingerprint density at radius 3 is 2.65 bits per heavy atom. The summed E-state index contributed by atoms with van der Waals surface area (Å²) in [5.41, 5.74) is 0.785. The SMILES string of the molecule is CC1=CC[C@]2(C)C[C@H](O)C(C)(C)C(=O)[C@H]2CC1. The predicted octanol–water partition coefficient (Wildman–Crippen LogP) is 3.10. The topological polar surface area (TPSA) is 37.3 Å². The Hall–Kier alpha value is -0.630. The standard InChI is InChI=1S/C15H24O2/c1-10-5-6-11-13(17)14(2,3)12(16)9-15(11,4)8-7-10/h7,11-12,16H,5-6,8-9H2,1-4H3/t11-,12+,15-/m1/s1. The number of aliphatic hydroxyl groups excluding tert-OH is 1. The van der Waals surface area contributed by atoms with E-state index >= 15 is 0 Å². The molecular weight excluding hydrogens is 212 g/mol. The fourth-order valence-corrected chi connectivity index (χ4v) is 3.36. The second kappa shape index (κ2) is 3.94. The summed E-state index contributed by atoms with van der Waals surface area (Å²) in [5, 5.41) is 10.2. The summed E-state index contributed by atoms with van der Waals surface area (Å²) in [6.07, 6.45) is 5.43. The number of Topliss-reactive ketones (excluding diaryl/α,β-unsaturated/α-hetero) is 1. The zero-order chi connectivity index (χ0) is 12.8. The van der Waals surface area contributed by atoms with Crippen molar-refractivity contribution in [3.8, 4) is 0 Å². The third-order valence-electron chi connectivity index (χ3n) is 5.03. The van der Waals surface area contributed by atoms with Gasteiger partial charge in [0.15, 0.2) is 0 Å². The maximum Gasteiger partial charge on any atom is 0.144 e. The Labute approximate surface area is 104 Å². The maximum atomic E-state index is 12.6. The quantitative estimate of drug-likeness (QED) is 0.656. The van der Waals surface area contributed by atoms with Gasteiger partial charge in [-0.1, -0.05) is 32.4 Å². The van der Waals surface area contributed by atoms with Gasteiger partial charge in [-0.2, -0.15) is 0 Å². The van der Waals surface area contributed by atoms with Crippen molar-refractivity contribution >= 4 is 5.78 Å². The van der Waals surface area contributed by atoms with E-state index in [1.807, 2.05) is 13.8 Å². The lowest BCUT2D eigenvalue weighted by atomic mass is 9.56. The number of rotatable bonds is 0. The monoisotopic (exact) mass is 236 g/mol. The second-order valence-electron chi connectivity index (χ2n) is 6.81. The molecule has 2 rings (SSSR count). The average molecular weight is 236 g/mol. The molecule has 0 radical (unpaired) electrons. The van der Waals surface area contributed by atoms with Gasteiger partial charge < -0.3 is 5.11 Å². The van der Waals surface area contributed by atoms with Crippen LogP contribution in [0.5, 0.6) is 0 Å². The van der Waals surface area contributed by atoms with Crippen molar-refractivity contribution in [1.29, 1.82) is 0 Å². The Morgan fingerprint density at radius 2 is 2.00 bits per heavy atom. The van der Waals surface area contributed by atoms with Crippen LogP contribution < -0.4 is 0 Å². The average Bonchev–Trinajstić information content (AvgIpc) is 2.37. The lowest BCUT2D eigenvalue weighted by molar-refractivity contribution is -0.153. The number of hydrogen-bond acceptors (Lipinski definition) is 2. The van der Waals surface area contributed by atoms with Crippen LogP contribution >= 0.6 is 0 Å². The van der Waals surface area contributed by atoms with Crippen molar-refractivity contribution in [3.63, 3.8) is 0 Å². The molecule has 0 saturated heterocycles. The Morgan fingerprint density at radius 1 is 1.35 bits per heavy atom. The summed E-state index contributed by atoms with van der Waals surface area (Å²) < 4.78 is 0. The van der Waals surface area contributed by atoms with Gasteiger partial charge in [0.2, 0.25) is 0 Å². The highest BCUT2D eigenvalue weighted by Crippen LogP contribution is 2.51. The number of carbonyl (C=O) groups excluding carboxylic acids is 1. The molecule has 1 N–H and O–H groups in total. The molecule has 2 heteroatoms. The number of carbonyl (C=O) groups is 1. The van der Waals surface area contributed by atoms with E-state index in [9.17, 15) is 9.90 Å². The zero-order valence-corrected chi connectivity index (χ0v) is 11.4. The van der Waals surface area contributed by atoms with E-state index in [0.717, 1.165) is 25.7 Å². The summed E-state index contributed by atoms with van der Waals surface area (Å²) in [7, 11) is 0. The van der Waals surface area contributed by atoms with E-state index in [4.69, 9.17) is 0 Å². The Balaban J connectivity index is 2.35. The van der Waals surface area contributed by atoms with Crippen LogP contribution in [0.25, 0.3) is 0 Å². The van der Waals surface area contributed by atoms with Crippen LogP contribution in [0.1, 0.15) is 53.4 Å². The lowest BCUT2D eigenvalue weighted by Crippen LogP contribution is -2.53. The highest BCUT2D eigenvalue weighted by atomic mass is 16.3. The van der Waals surface area contributed by atoms with Crippen LogP contribution in [0.4, 0.5) is 0 Å². The first-order chi connectivity index (χ1) is 7.77. The van der Waals surface area contributed by atoms with E-state index in [0.29, 0.717) is 0 Å². The predicted molar refractivity (Wildman–Crippen MR) is 68.6 cm³/mol. The van der Waals surface area contributed by atoms with Crippen molar-refractivity contribution in [1.82, 2.24) is 0 Å². The molecule has 2 aliphatic carbocycles. The first-order valence-electron chi connectivity index (χ1n) is 6.65. The summed E-state index contributed by atoms with van der Waals surface area (Å²) in [6.45, 7) is 8.10. The summed E-state index contributed by atoms with van der Waals surface area (Å²) >= 11 is 0. The zero-order valence-electron chi connectivity index (χ0n) is 11.4. The molecule has 1 fully saturated rings. The molecule has 0 unspecified atom stereocenters. The van der Waals surface area contributed by atoms with E-state index < -0.39 is 11.5 Å². The molecule has 96 valence electrons. The molecular formula is C15H24O2. The third-order valence-corrected chi connectivity index (χ3v) is 5.03. The van der Waals surface area contributed by atoms with Gasteiger partial charge in [-0.15, -0.1) is 0 Å². The van der Waals surface area contributed by atoms with Gasteiger partial charge in [0, 0.05) is 11.3 Å². The number of allylic oxidation sites excluding steroid dienone is 2. The van der Waals surface area contributed by atoms with Crippen molar-refractivity contribution < 1.29 is 9.90 Å². The first kappa shape index (κ1) is 12.8. The van der Waals surface area contributed by atoms with Crippen LogP contribution in [-0.4, -0.2) is 17.0 Å². The van der Waals surface area contributed by atoms with Gasteiger partial charge in [-0.05, 0) is 38.0 Å². The van der Waals surface area contributed by atoms with Crippen LogP contribution in [0.15, 0.2) is 11.6 Å². The van der Waals surface area contributed by atoms with E-state index in [1.165, 1.54) is 5.57 Å². The van der Waals surface area contributed by atoms with E-state index in [2.05, 4.69) is 19.9 Å². The minimum atomic E-state index is -0.567. The molecule has 2 aliphatic rings. The number of ketones is 1. The van der Waals surface area contributed by atoms with Gasteiger partial charge in [0.05, 0.1) is 6.10 Å². The Bertz CT molecular complexity index is 367. The molecule has 0 bridgehead atoms. The van der Waals surface area contributed by atoms with Crippen molar-refractivity contribution in [2.45, 2.75) is 59.5 Å². The summed E-state index contributed by atoms with van der Waals surface area (Å²) in [5.74, 6) is 0.386. The molecule has 17 heavy (non-hydrogen) atoms. The molecule has 0 aromatic heterocycles. The molecule has 1 saturated carbocycles. The minimum absolute atomic E-state index is 0.0379. The van der Waals surface area contributed by atoms with Crippen LogP contribution in [0.3, 0.4) is 0 Å². The largest absolute Gasteiger partial charge is 0.392 e. The highest BCUT2D eigenvalue weighted by molar-refractivity contribution is 5.88. The number of fused-ring (bicyclic) bond motifs is 1. The van der Waals surface area contributed by atoms with Crippen LogP contribution in [0.2, 0.25) is 0 Å². The molecule has 0 amide bonds. The summed E-state index contributed by atoms with van der Waals surface area (Å²) in [6, 6.07) is 0. The van der Waals surface area contributed by atoms with Gasteiger partial charge >= 0.3 is 0 Å². The van der Waals surface area contributed by atoms with Crippen molar-refractivity contribution in [2.24, 2.45) is 16.7 Å². The molecule has 0 aliphatic heterocycles. The molecule has 0 aromatic carbocycles. The number of aliphatic hydroxyl groups is 1. The van der Waals surface area contributed by atoms with Crippen LogP contribution in [0, 0.1) is 16.7 Å². The maximum absolute atomic E-state index is 12.6. The fraction of sp³-hybridized carbons (Fsp3) is 0.800. The van der Waals surface area contributed by atoms with Gasteiger partial charge in [0.1, 0.15) is 5.78 Å². The smallest absolute Gasteiger partial charge is 0.144 e. The Kier molecular flexibility index (Phi) is 2.97. The molecule has 0 spiro atoms. The van der Waals surface area contributed by atoms with E-state index in [-0.39, 0.29) is 17.1 Å². The molecule has 0 aromatic rings. The van der Waals surface area contributed by atoms with Crippen molar-refractivity contribution in [3.05, 3.63) is 11.6 Å². The van der Waals surface area contributed by atoms with Gasteiger partial charge in [-0.3, -0.25) is 4.79 Å². The fourth-order valence-electron chi connectivity index (χ4n) is 3.36. The molecule has 3 atom stereocenters. The van der Waals surface area contributed by atoms with Gasteiger partial charge in [0.25, 0.3) is 0 Å². The molecule has 2 nitrogen and oxygen atoms in total. The number of hydrogen-bond donors (Lipinski definition) is 1. The van der Waals surface area contributed by atoms with Crippen molar-refractivity contribution in [2.75, 3.05) is 0 Å². The summed E-state index contributed by atoms with van der Waals surface area (Å²) in [4.78, 5) is 12.6.